The fraction of sp³-hybridized carbons (Fsp3) is 0.400. The lowest BCUT2D eigenvalue weighted by molar-refractivity contribution is -0.142. The average molecular weight is 274 g/mol. The Labute approximate surface area is 118 Å². The van der Waals surface area contributed by atoms with E-state index in [-0.39, 0.29) is 24.1 Å². The summed E-state index contributed by atoms with van der Waals surface area (Å²) in [6.45, 7) is 4.13. The van der Waals surface area contributed by atoms with Gasteiger partial charge in [0.1, 0.15) is 6.04 Å². The highest BCUT2D eigenvalue weighted by atomic mass is 16.2. The molecule has 0 aromatic heterocycles. The van der Waals surface area contributed by atoms with E-state index in [1.54, 1.807) is 11.0 Å². The first kappa shape index (κ1) is 14.2. The number of carbonyl (C=O) groups is 3. The lowest BCUT2D eigenvalue weighted by Gasteiger charge is -2.28. The number of hydrogen-bond acceptors (Lipinski definition) is 3. The minimum atomic E-state index is -0.549. The molecule has 0 radical (unpaired) electrons. The summed E-state index contributed by atoms with van der Waals surface area (Å²) < 4.78 is 0. The van der Waals surface area contributed by atoms with E-state index in [0.29, 0.717) is 18.5 Å². The van der Waals surface area contributed by atoms with Gasteiger partial charge in [-0.3, -0.25) is 19.7 Å². The Morgan fingerprint density at radius 1 is 1.25 bits per heavy atom. The fourth-order valence-electron chi connectivity index (χ4n) is 2.53. The molecule has 2 rings (SSSR count). The molecule has 20 heavy (non-hydrogen) atoms. The number of hydrogen-bond donors (Lipinski definition) is 1. The Morgan fingerprint density at radius 2 is 2.00 bits per heavy atom. The number of carbonyl (C=O) groups excluding carboxylic acids is 3. The number of nitrogens with zero attached hydrogens (tertiary/aromatic N) is 1. The van der Waals surface area contributed by atoms with E-state index in [2.05, 4.69) is 5.32 Å². The fourth-order valence-corrected chi connectivity index (χ4v) is 2.53. The van der Waals surface area contributed by atoms with Crippen molar-refractivity contribution in [3.63, 3.8) is 0 Å². The summed E-state index contributed by atoms with van der Waals surface area (Å²) in [5.74, 6) is -0.788. The van der Waals surface area contributed by atoms with Gasteiger partial charge in [0.05, 0.1) is 0 Å². The van der Waals surface area contributed by atoms with Crippen molar-refractivity contribution in [2.24, 2.45) is 0 Å². The van der Waals surface area contributed by atoms with Crippen LogP contribution in [0.1, 0.15) is 26.7 Å². The first-order chi connectivity index (χ1) is 9.58. The van der Waals surface area contributed by atoms with Crippen molar-refractivity contribution < 1.29 is 14.4 Å². The quantitative estimate of drug-likeness (QED) is 0.605. The summed E-state index contributed by atoms with van der Waals surface area (Å²) >= 11 is 0. The van der Waals surface area contributed by atoms with Gasteiger partial charge >= 0.3 is 0 Å². The molecule has 2 fully saturated rings. The molecule has 5 heteroatoms. The second kappa shape index (κ2) is 5.86. The van der Waals surface area contributed by atoms with Crippen molar-refractivity contribution in [1.29, 1.82) is 0 Å². The molecule has 0 saturated carbocycles. The Kier molecular flexibility index (Phi) is 4.17. The molecule has 3 amide bonds. The van der Waals surface area contributed by atoms with Crippen LogP contribution in [0.5, 0.6) is 0 Å². The number of rotatable bonds is 2. The van der Waals surface area contributed by atoms with Crippen molar-refractivity contribution in [1.82, 2.24) is 10.2 Å². The Morgan fingerprint density at radius 3 is 2.60 bits per heavy atom. The van der Waals surface area contributed by atoms with Crippen molar-refractivity contribution >= 4 is 17.7 Å². The van der Waals surface area contributed by atoms with Crippen LogP contribution in [0.3, 0.4) is 0 Å². The predicted molar refractivity (Wildman–Crippen MR) is 74.5 cm³/mol. The standard InChI is InChI=1S/C15H18N2O3/c1-3-5-6-10-9-17(15(20)11(10)4-2)12-7-8-13(18)16-14(12)19/h3-6,12H,7-9H2,1-2H3,(H,16,18,19)/b5-3-,10-6-,11-4+. The maximum atomic E-state index is 12.4. The first-order valence-corrected chi connectivity index (χ1v) is 6.71. The monoisotopic (exact) mass is 274 g/mol. The van der Waals surface area contributed by atoms with E-state index in [9.17, 15) is 14.4 Å². The van der Waals surface area contributed by atoms with E-state index in [1.165, 1.54) is 0 Å². The van der Waals surface area contributed by atoms with E-state index in [4.69, 9.17) is 0 Å². The minimum Gasteiger partial charge on any atom is -0.322 e. The third kappa shape index (κ3) is 2.57. The van der Waals surface area contributed by atoms with E-state index in [0.717, 1.165) is 5.57 Å². The summed E-state index contributed by atoms with van der Waals surface area (Å²) in [5, 5.41) is 2.29. The third-order valence-electron chi connectivity index (χ3n) is 3.54. The highest BCUT2D eigenvalue weighted by Gasteiger charge is 2.40. The van der Waals surface area contributed by atoms with Crippen LogP contribution in [0, 0.1) is 0 Å². The molecule has 0 aliphatic carbocycles. The number of amides is 3. The molecule has 0 spiro atoms. The van der Waals surface area contributed by atoms with E-state index < -0.39 is 6.04 Å². The molecule has 2 aliphatic heterocycles. The third-order valence-corrected chi connectivity index (χ3v) is 3.54. The molecule has 0 bridgehead atoms. The van der Waals surface area contributed by atoms with Gasteiger partial charge in [-0.05, 0) is 25.8 Å². The van der Waals surface area contributed by atoms with Crippen molar-refractivity contribution in [3.05, 3.63) is 35.5 Å². The summed E-state index contributed by atoms with van der Waals surface area (Å²) in [4.78, 5) is 37.0. The van der Waals surface area contributed by atoms with Crippen LogP contribution in [-0.4, -0.2) is 35.2 Å². The topological polar surface area (TPSA) is 66.5 Å². The summed E-state index contributed by atoms with van der Waals surface area (Å²) in [6, 6.07) is -0.549. The van der Waals surface area contributed by atoms with Crippen LogP contribution in [0.25, 0.3) is 0 Å². The van der Waals surface area contributed by atoms with Gasteiger partial charge in [0, 0.05) is 18.5 Å². The predicted octanol–water partition coefficient (Wildman–Crippen LogP) is 1.08. The highest BCUT2D eigenvalue weighted by molar-refractivity contribution is 6.06. The zero-order chi connectivity index (χ0) is 14.7. The largest absolute Gasteiger partial charge is 0.322 e. The minimum absolute atomic E-state index is 0.141. The Bertz CT molecular complexity index is 543. The smallest absolute Gasteiger partial charge is 0.254 e. The molecular weight excluding hydrogens is 256 g/mol. The van der Waals surface area contributed by atoms with Crippen LogP contribution >= 0.6 is 0 Å². The van der Waals surface area contributed by atoms with Crippen molar-refractivity contribution in [2.45, 2.75) is 32.7 Å². The zero-order valence-electron chi connectivity index (χ0n) is 11.7. The van der Waals surface area contributed by atoms with Crippen LogP contribution in [0.15, 0.2) is 35.5 Å². The molecule has 2 heterocycles. The number of piperidine rings is 1. The van der Waals surface area contributed by atoms with Crippen molar-refractivity contribution in [3.8, 4) is 0 Å². The van der Waals surface area contributed by atoms with Crippen LogP contribution in [0.4, 0.5) is 0 Å². The molecule has 5 nitrogen and oxygen atoms in total. The summed E-state index contributed by atoms with van der Waals surface area (Å²) in [5.41, 5.74) is 1.54. The van der Waals surface area contributed by atoms with Gasteiger partial charge in [-0.1, -0.05) is 24.3 Å². The lowest BCUT2D eigenvalue weighted by atomic mass is 10.0. The van der Waals surface area contributed by atoms with Gasteiger partial charge in [0.25, 0.3) is 5.91 Å². The van der Waals surface area contributed by atoms with Crippen LogP contribution < -0.4 is 5.32 Å². The van der Waals surface area contributed by atoms with Crippen molar-refractivity contribution in [2.75, 3.05) is 6.54 Å². The Balaban J connectivity index is 2.24. The normalized spacial score (nSPS) is 28.0. The lowest BCUT2D eigenvalue weighted by Crippen LogP contribution is -2.52. The molecule has 1 unspecified atom stereocenters. The van der Waals surface area contributed by atoms with E-state index >= 15 is 0 Å². The molecule has 1 N–H and O–H groups in total. The average Bonchev–Trinajstić information content (AvgIpc) is 2.72. The zero-order valence-corrected chi connectivity index (χ0v) is 11.7. The maximum absolute atomic E-state index is 12.4. The van der Waals surface area contributed by atoms with Crippen LogP contribution in [0.2, 0.25) is 0 Å². The molecular formula is C15H18N2O3. The molecule has 2 aliphatic rings. The SMILES string of the molecule is C\C=C/C=C1/CN(C2CCC(=O)NC2=O)C(=O)/C1=C/C. The van der Waals surface area contributed by atoms with Gasteiger partial charge in [0.2, 0.25) is 11.8 Å². The van der Waals surface area contributed by atoms with Gasteiger partial charge in [-0.25, -0.2) is 0 Å². The molecule has 0 aromatic rings. The maximum Gasteiger partial charge on any atom is 0.254 e. The van der Waals surface area contributed by atoms with Gasteiger partial charge in [0.15, 0.2) is 0 Å². The second-order valence-electron chi connectivity index (χ2n) is 4.82. The molecule has 2 saturated heterocycles. The van der Waals surface area contributed by atoms with Gasteiger partial charge in [-0.15, -0.1) is 0 Å². The summed E-state index contributed by atoms with van der Waals surface area (Å²) in [6.07, 6.45) is 8.09. The number of allylic oxidation sites excluding steroid dienone is 4. The molecule has 106 valence electrons. The molecule has 1 atom stereocenters. The summed E-state index contributed by atoms with van der Waals surface area (Å²) in [7, 11) is 0. The Hall–Kier alpha value is -2.17. The highest BCUT2D eigenvalue weighted by Crippen LogP contribution is 2.27. The first-order valence-electron chi connectivity index (χ1n) is 6.71. The molecule has 0 aromatic carbocycles. The number of imide groups is 1. The van der Waals surface area contributed by atoms with Gasteiger partial charge in [-0.2, -0.15) is 0 Å². The number of nitrogens with one attached hydrogen (secondary N) is 1. The second-order valence-corrected chi connectivity index (χ2v) is 4.82. The van der Waals surface area contributed by atoms with Gasteiger partial charge < -0.3 is 4.90 Å². The van der Waals surface area contributed by atoms with E-state index in [1.807, 2.05) is 32.1 Å². The van der Waals surface area contributed by atoms with Crippen LogP contribution in [-0.2, 0) is 14.4 Å². The number of likely N-dealkylation sites (tertiary alicyclic amines) is 1.